The summed E-state index contributed by atoms with van der Waals surface area (Å²) in [7, 11) is 3.94. The predicted octanol–water partition coefficient (Wildman–Crippen LogP) is 6.03. The summed E-state index contributed by atoms with van der Waals surface area (Å²) in [6, 6.07) is 20.5. The van der Waals surface area contributed by atoms with Gasteiger partial charge in [-0.05, 0) is 73.7 Å². The van der Waals surface area contributed by atoms with Crippen LogP contribution in [0.15, 0.2) is 77.3 Å². The van der Waals surface area contributed by atoms with Crippen LogP contribution in [0.3, 0.4) is 0 Å². The van der Waals surface area contributed by atoms with Crippen LogP contribution in [0, 0.1) is 20.8 Å². The number of nitrogens with one attached hydrogen (secondary N) is 1. The van der Waals surface area contributed by atoms with E-state index in [0.717, 1.165) is 33.1 Å². The number of thioether (sulfide) groups is 1. The molecular formula is C30H33N5O2S2. The summed E-state index contributed by atoms with van der Waals surface area (Å²) in [5.74, 6) is -0.311. The summed E-state index contributed by atoms with van der Waals surface area (Å²) < 4.78 is 0. The topological polar surface area (TPSA) is 78.4 Å². The Morgan fingerprint density at radius 2 is 1.64 bits per heavy atom. The summed E-state index contributed by atoms with van der Waals surface area (Å²) in [4.78, 5) is 41.2. The molecule has 1 atom stereocenters. The Kier molecular flexibility index (Phi) is 9.37. The Balaban J connectivity index is 1.65. The van der Waals surface area contributed by atoms with Crippen molar-refractivity contribution in [2.75, 3.05) is 30.1 Å². The fourth-order valence-electron chi connectivity index (χ4n) is 4.19. The van der Waals surface area contributed by atoms with Crippen molar-refractivity contribution < 1.29 is 9.59 Å². The molecule has 1 N–H and O–H groups in total. The van der Waals surface area contributed by atoms with Gasteiger partial charge in [0.1, 0.15) is 6.04 Å². The lowest BCUT2D eigenvalue weighted by molar-refractivity contribution is -0.137. The van der Waals surface area contributed by atoms with Crippen LogP contribution in [0.5, 0.6) is 0 Å². The quantitative estimate of drug-likeness (QED) is 0.189. The van der Waals surface area contributed by atoms with Crippen LogP contribution in [-0.4, -0.2) is 46.5 Å². The number of carbonyl (C=O) groups is 2. The van der Waals surface area contributed by atoms with Crippen molar-refractivity contribution in [2.45, 2.75) is 38.5 Å². The smallest absolute Gasteiger partial charge is 0.252 e. The van der Waals surface area contributed by atoms with E-state index in [4.69, 9.17) is 0 Å². The molecule has 4 aromatic rings. The highest BCUT2D eigenvalue weighted by Crippen LogP contribution is 2.31. The van der Waals surface area contributed by atoms with E-state index in [9.17, 15) is 9.59 Å². The molecule has 0 radical (unpaired) electrons. The Bertz CT molecular complexity index is 1400. The van der Waals surface area contributed by atoms with Gasteiger partial charge in [0.15, 0.2) is 5.16 Å². The first-order chi connectivity index (χ1) is 18.7. The first-order valence-corrected chi connectivity index (χ1v) is 14.5. The van der Waals surface area contributed by atoms with Gasteiger partial charge in [-0.3, -0.25) is 9.59 Å². The maximum Gasteiger partial charge on any atom is 0.252 e. The van der Waals surface area contributed by atoms with Crippen LogP contribution in [0.4, 0.5) is 11.4 Å². The summed E-state index contributed by atoms with van der Waals surface area (Å²) in [6.45, 7) is 6.14. The number of thiophene rings is 1. The molecule has 4 rings (SSSR count). The van der Waals surface area contributed by atoms with E-state index in [-0.39, 0.29) is 17.6 Å². The number of rotatable bonds is 10. The number of hydrogen-bond acceptors (Lipinski definition) is 7. The van der Waals surface area contributed by atoms with Gasteiger partial charge in [0.05, 0.1) is 5.75 Å². The SMILES string of the molecule is Cc1cc(C)nc(SCC(=O)N(Cc2ccccc2C)C(C(=O)Nc2ccc(N(C)C)cc2)c2cccs2)n1. The van der Waals surface area contributed by atoms with Gasteiger partial charge in [0.25, 0.3) is 5.91 Å². The van der Waals surface area contributed by atoms with Gasteiger partial charge in [-0.1, -0.05) is 42.1 Å². The van der Waals surface area contributed by atoms with Crippen molar-refractivity contribution in [3.8, 4) is 0 Å². The van der Waals surface area contributed by atoms with Gasteiger partial charge in [-0.25, -0.2) is 9.97 Å². The van der Waals surface area contributed by atoms with Gasteiger partial charge >= 0.3 is 0 Å². The maximum atomic E-state index is 13.9. The highest BCUT2D eigenvalue weighted by atomic mass is 32.2. The molecule has 0 bridgehead atoms. The third-order valence-electron chi connectivity index (χ3n) is 6.23. The Morgan fingerprint density at radius 1 is 0.949 bits per heavy atom. The zero-order valence-corrected chi connectivity index (χ0v) is 24.5. The molecule has 2 amide bonds. The Labute approximate surface area is 238 Å². The number of nitrogens with zero attached hydrogens (tertiary/aromatic N) is 4. The lowest BCUT2D eigenvalue weighted by Crippen LogP contribution is -2.41. The van der Waals surface area contributed by atoms with Crippen molar-refractivity contribution in [1.82, 2.24) is 14.9 Å². The molecule has 2 aromatic heterocycles. The molecule has 2 aromatic carbocycles. The first kappa shape index (κ1) is 28.3. The van der Waals surface area contributed by atoms with E-state index >= 15 is 0 Å². The van der Waals surface area contributed by atoms with Gasteiger partial charge in [0.2, 0.25) is 5.91 Å². The highest BCUT2D eigenvalue weighted by Gasteiger charge is 2.33. The minimum Gasteiger partial charge on any atom is -0.378 e. The second kappa shape index (κ2) is 12.9. The zero-order chi connectivity index (χ0) is 27.9. The van der Waals surface area contributed by atoms with Crippen LogP contribution in [0.1, 0.15) is 33.4 Å². The standard InChI is InChI=1S/C30H33N5O2S2/c1-20-9-6-7-10-23(20)18-35(27(36)19-39-30-31-21(2)17-22(3)32-30)28(26-11-8-16-38-26)29(37)33-24-12-14-25(15-13-24)34(4)5/h6-17,28H,18-19H2,1-5H3,(H,33,37). The van der Waals surface area contributed by atoms with Crippen LogP contribution < -0.4 is 10.2 Å². The van der Waals surface area contributed by atoms with Gasteiger partial charge < -0.3 is 15.1 Å². The van der Waals surface area contributed by atoms with Gasteiger partial charge in [-0.15, -0.1) is 11.3 Å². The molecule has 0 aliphatic carbocycles. The van der Waals surface area contributed by atoms with Crippen molar-refractivity contribution in [2.24, 2.45) is 0 Å². The van der Waals surface area contributed by atoms with E-state index in [0.29, 0.717) is 17.4 Å². The predicted molar refractivity (Wildman–Crippen MR) is 160 cm³/mol. The molecule has 0 fully saturated rings. The molecular weight excluding hydrogens is 526 g/mol. The monoisotopic (exact) mass is 559 g/mol. The third-order valence-corrected chi connectivity index (χ3v) is 7.99. The van der Waals surface area contributed by atoms with Gasteiger partial charge in [-0.2, -0.15) is 0 Å². The number of amides is 2. The number of benzene rings is 2. The number of aromatic nitrogens is 2. The average molecular weight is 560 g/mol. The maximum absolute atomic E-state index is 13.9. The van der Waals surface area contributed by atoms with Crippen LogP contribution in [0.25, 0.3) is 0 Å². The molecule has 39 heavy (non-hydrogen) atoms. The molecule has 0 saturated heterocycles. The average Bonchev–Trinajstić information content (AvgIpc) is 3.42. The fraction of sp³-hybridized carbons (Fsp3) is 0.267. The van der Waals surface area contributed by atoms with Crippen molar-refractivity contribution >= 4 is 46.3 Å². The number of carbonyl (C=O) groups excluding carboxylic acids is 2. The van der Waals surface area contributed by atoms with Crippen molar-refractivity contribution in [1.29, 1.82) is 0 Å². The van der Waals surface area contributed by atoms with E-state index in [2.05, 4.69) is 15.3 Å². The third kappa shape index (κ3) is 7.46. The lowest BCUT2D eigenvalue weighted by Gasteiger charge is -2.31. The van der Waals surface area contributed by atoms with E-state index < -0.39 is 6.04 Å². The molecule has 0 spiro atoms. The summed E-state index contributed by atoms with van der Waals surface area (Å²) in [5, 5.41) is 5.52. The highest BCUT2D eigenvalue weighted by molar-refractivity contribution is 7.99. The van der Waals surface area contributed by atoms with Crippen molar-refractivity contribution in [3.63, 3.8) is 0 Å². The fourth-order valence-corrected chi connectivity index (χ4v) is 5.86. The Morgan fingerprint density at radius 3 is 2.26 bits per heavy atom. The van der Waals surface area contributed by atoms with Crippen LogP contribution >= 0.6 is 23.1 Å². The molecule has 1 unspecified atom stereocenters. The largest absolute Gasteiger partial charge is 0.378 e. The van der Waals surface area contributed by atoms with Gasteiger partial charge in [0, 0.05) is 48.3 Å². The molecule has 0 aliphatic heterocycles. The molecule has 9 heteroatoms. The molecule has 2 heterocycles. The molecule has 0 aliphatic rings. The van der Waals surface area contributed by atoms with E-state index in [1.54, 1.807) is 4.90 Å². The molecule has 0 saturated carbocycles. The first-order valence-electron chi connectivity index (χ1n) is 12.6. The second-order valence-corrected chi connectivity index (χ2v) is 11.4. The summed E-state index contributed by atoms with van der Waals surface area (Å²) >= 11 is 2.75. The normalized spacial score (nSPS) is 11.6. The van der Waals surface area contributed by atoms with Crippen molar-refractivity contribution in [3.05, 3.63) is 99.5 Å². The number of hydrogen-bond donors (Lipinski definition) is 1. The Hall–Kier alpha value is -3.69. The van der Waals surface area contributed by atoms with E-state index in [1.165, 1.54) is 23.1 Å². The van der Waals surface area contributed by atoms with Crippen LogP contribution in [0.2, 0.25) is 0 Å². The van der Waals surface area contributed by atoms with E-state index in [1.807, 2.05) is 112 Å². The molecule has 7 nitrogen and oxygen atoms in total. The number of aryl methyl sites for hydroxylation is 3. The van der Waals surface area contributed by atoms with Crippen LogP contribution in [-0.2, 0) is 16.1 Å². The minimum atomic E-state index is -0.800. The lowest BCUT2D eigenvalue weighted by atomic mass is 10.1. The minimum absolute atomic E-state index is 0.113. The summed E-state index contributed by atoms with van der Waals surface area (Å²) in [5.41, 5.74) is 5.46. The molecule has 202 valence electrons. The zero-order valence-electron chi connectivity index (χ0n) is 22.8. The summed E-state index contributed by atoms with van der Waals surface area (Å²) in [6.07, 6.45) is 0. The number of anilines is 2. The second-order valence-electron chi connectivity index (χ2n) is 9.52.